The number of benzene rings is 1. The molecule has 1 radical (unpaired) electrons. The summed E-state index contributed by atoms with van der Waals surface area (Å²) in [5.74, 6) is 0.655. The fourth-order valence-corrected chi connectivity index (χ4v) is 1.76. The Kier molecular flexibility index (Phi) is 5.43. The van der Waals surface area contributed by atoms with Crippen molar-refractivity contribution in [3.05, 3.63) is 35.9 Å². The maximum atomic E-state index is 2.47. The Morgan fingerprint density at radius 2 is 1.86 bits per heavy atom. The molecule has 0 bridgehead atoms. The second-order valence-electron chi connectivity index (χ2n) is 3.80. The lowest BCUT2D eigenvalue weighted by molar-refractivity contribution is 0.832. The van der Waals surface area contributed by atoms with Crippen LogP contribution in [-0.4, -0.2) is 7.28 Å². The average Bonchev–Trinajstić information content (AvgIpc) is 2.26. The third kappa shape index (κ3) is 3.57. The largest absolute Gasteiger partial charge is 0.119 e. The zero-order valence-electron chi connectivity index (χ0n) is 9.37. The molecule has 1 atom stereocenters. The number of hydrogen-bond acceptors (Lipinski definition) is 0. The van der Waals surface area contributed by atoms with Crippen molar-refractivity contribution in [3.63, 3.8) is 0 Å². The Hall–Kier alpha value is -0.715. The van der Waals surface area contributed by atoms with Crippen LogP contribution in [0.15, 0.2) is 30.3 Å². The summed E-state index contributed by atoms with van der Waals surface area (Å²) in [6.07, 6.45) is 5.09. The van der Waals surface area contributed by atoms with Crippen LogP contribution in [0.2, 0.25) is 6.32 Å². The molecule has 14 heavy (non-hydrogen) atoms. The van der Waals surface area contributed by atoms with Gasteiger partial charge >= 0.3 is 0 Å². The third-order valence-electron chi connectivity index (χ3n) is 2.68. The fraction of sp³-hybridized carbons (Fsp3) is 0.538. The van der Waals surface area contributed by atoms with Gasteiger partial charge in [-0.25, -0.2) is 0 Å². The van der Waals surface area contributed by atoms with Crippen molar-refractivity contribution in [1.29, 1.82) is 0 Å². The minimum Gasteiger partial charge on any atom is -0.0795 e. The first-order chi connectivity index (χ1) is 6.88. The first kappa shape index (κ1) is 11.4. The minimum absolute atomic E-state index is 0.655. The molecule has 0 heterocycles. The van der Waals surface area contributed by atoms with E-state index >= 15 is 0 Å². The Morgan fingerprint density at radius 1 is 1.14 bits per heavy atom. The molecule has 0 amide bonds. The van der Waals surface area contributed by atoms with Gasteiger partial charge in [0.15, 0.2) is 0 Å². The van der Waals surface area contributed by atoms with Crippen LogP contribution in [0.4, 0.5) is 0 Å². The van der Waals surface area contributed by atoms with Gasteiger partial charge in [0, 0.05) is 0 Å². The van der Waals surface area contributed by atoms with E-state index in [1.54, 1.807) is 0 Å². The summed E-state index contributed by atoms with van der Waals surface area (Å²) in [4.78, 5) is 0. The predicted molar refractivity (Wildman–Crippen MR) is 64.9 cm³/mol. The molecule has 1 aromatic carbocycles. The summed E-state index contributed by atoms with van der Waals surface area (Å²) in [5.41, 5.74) is 1.46. The van der Waals surface area contributed by atoms with Crippen molar-refractivity contribution in [3.8, 4) is 0 Å². The minimum atomic E-state index is 0.655. The second kappa shape index (κ2) is 6.70. The highest BCUT2D eigenvalue weighted by molar-refractivity contribution is 6.37. The normalized spacial score (nSPS) is 12.4. The van der Waals surface area contributed by atoms with Gasteiger partial charge in [-0.05, 0) is 5.82 Å². The topological polar surface area (TPSA) is 0 Å². The summed E-state index contributed by atoms with van der Waals surface area (Å²) in [5, 5.41) is 0. The molecule has 0 saturated carbocycles. The highest BCUT2D eigenvalue weighted by Crippen LogP contribution is 2.19. The summed E-state index contributed by atoms with van der Waals surface area (Å²) in [6, 6.07) is 10.8. The van der Waals surface area contributed by atoms with Crippen molar-refractivity contribution in [1.82, 2.24) is 0 Å². The second-order valence-corrected chi connectivity index (χ2v) is 3.80. The quantitative estimate of drug-likeness (QED) is 0.465. The van der Waals surface area contributed by atoms with E-state index in [9.17, 15) is 0 Å². The van der Waals surface area contributed by atoms with Gasteiger partial charge in [-0.1, -0.05) is 75.3 Å². The molecule has 0 aliphatic rings. The highest BCUT2D eigenvalue weighted by Gasteiger charge is 2.08. The molecule has 0 nitrogen and oxygen atoms in total. The van der Waals surface area contributed by atoms with E-state index in [1.807, 2.05) is 0 Å². The van der Waals surface area contributed by atoms with E-state index < -0.39 is 0 Å². The molecule has 0 aliphatic heterocycles. The highest BCUT2D eigenvalue weighted by atomic mass is 14.0. The molecule has 1 rings (SSSR count). The molecule has 0 fully saturated rings. The molecule has 0 spiro atoms. The molecular formula is C13H20B. The lowest BCUT2D eigenvalue weighted by atomic mass is 9.57. The van der Waals surface area contributed by atoms with Gasteiger partial charge in [-0.2, -0.15) is 0 Å². The third-order valence-corrected chi connectivity index (χ3v) is 2.68. The van der Waals surface area contributed by atoms with Crippen LogP contribution in [0, 0.1) is 0 Å². The van der Waals surface area contributed by atoms with Crippen molar-refractivity contribution in [2.75, 3.05) is 0 Å². The lowest BCUT2D eigenvalue weighted by Crippen LogP contribution is -2.06. The summed E-state index contributed by atoms with van der Waals surface area (Å²) in [6.45, 7) is 4.51. The first-order valence-corrected chi connectivity index (χ1v) is 5.76. The first-order valence-electron chi connectivity index (χ1n) is 5.76. The lowest BCUT2D eigenvalue weighted by Gasteiger charge is -2.13. The van der Waals surface area contributed by atoms with Crippen LogP contribution in [0.1, 0.15) is 44.5 Å². The van der Waals surface area contributed by atoms with Gasteiger partial charge < -0.3 is 0 Å². The molecular weight excluding hydrogens is 167 g/mol. The van der Waals surface area contributed by atoms with Crippen LogP contribution in [0.3, 0.4) is 0 Å². The van der Waals surface area contributed by atoms with Gasteiger partial charge in [-0.15, -0.1) is 0 Å². The predicted octanol–water partition coefficient (Wildman–Crippen LogP) is 4.06. The zero-order valence-corrected chi connectivity index (χ0v) is 9.37. The monoisotopic (exact) mass is 187 g/mol. The van der Waals surface area contributed by atoms with E-state index in [4.69, 9.17) is 0 Å². The SMILES string of the molecule is CCCC[B]C(CC)c1ccccc1. The molecule has 0 aliphatic carbocycles. The van der Waals surface area contributed by atoms with Crippen LogP contribution in [0.5, 0.6) is 0 Å². The van der Waals surface area contributed by atoms with E-state index in [0.717, 1.165) is 0 Å². The Balaban J connectivity index is 2.46. The van der Waals surface area contributed by atoms with Gasteiger partial charge in [-0.3, -0.25) is 0 Å². The standard InChI is InChI=1S/C13H20B/c1-3-5-11-14-13(4-2)12-9-7-6-8-10-12/h6-10,13H,3-5,11H2,1-2H3. The Labute approximate surface area is 89.0 Å². The summed E-state index contributed by atoms with van der Waals surface area (Å²) >= 11 is 0. The van der Waals surface area contributed by atoms with E-state index in [2.05, 4.69) is 51.5 Å². The molecule has 0 N–H and O–H groups in total. The van der Waals surface area contributed by atoms with Crippen molar-refractivity contribution >= 4 is 7.28 Å². The smallest absolute Gasteiger partial charge is 0.0795 e. The van der Waals surface area contributed by atoms with Gasteiger partial charge in [0.1, 0.15) is 7.28 Å². The molecule has 0 aromatic heterocycles. The Morgan fingerprint density at radius 3 is 2.43 bits per heavy atom. The number of unbranched alkanes of at least 4 members (excludes halogenated alkanes) is 1. The van der Waals surface area contributed by atoms with Crippen LogP contribution in [-0.2, 0) is 0 Å². The van der Waals surface area contributed by atoms with Crippen molar-refractivity contribution in [2.45, 2.75) is 45.2 Å². The summed E-state index contributed by atoms with van der Waals surface area (Å²) in [7, 11) is 2.47. The Bertz CT molecular complexity index is 230. The van der Waals surface area contributed by atoms with Crippen LogP contribution >= 0.6 is 0 Å². The van der Waals surface area contributed by atoms with Gasteiger partial charge in [0.2, 0.25) is 0 Å². The maximum Gasteiger partial charge on any atom is 0.119 e. The fourth-order valence-electron chi connectivity index (χ4n) is 1.76. The maximum absolute atomic E-state index is 2.47. The number of rotatable bonds is 6. The van der Waals surface area contributed by atoms with E-state index in [0.29, 0.717) is 5.82 Å². The van der Waals surface area contributed by atoms with Crippen LogP contribution < -0.4 is 0 Å². The van der Waals surface area contributed by atoms with E-state index in [1.165, 1.54) is 31.1 Å². The van der Waals surface area contributed by atoms with Crippen molar-refractivity contribution < 1.29 is 0 Å². The number of hydrogen-bond donors (Lipinski definition) is 0. The molecule has 1 heteroatoms. The molecule has 1 aromatic rings. The van der Waals surface area contributed by atoms with Crippen LogP contribution in [0.25, 0.3) is 0 Å². The average molecular weight is 187 g/mol. The van der Waals surface area contributed by atoms with Gasteiger partial charge in [0.25, 0.3) is 0 Å². The summed E-state index contributed by atoms with van der Waals surface area (Å²) < 4.78 is 0. The zero-order chi connectivity index (χ0) is 10.2. The van der Waals surface area contributed by atoms with Crippen molar-refractivity contribution in [2.24, 2.45) is 0 Å². The van der Waals surface area contributed by atoms with E-state index in [-0.39, 0.29) is 0 Å². The van der Waals surface area contributed by atoms with Gasteiger partial charge in [0.05, 0.1) is 0 Å². The molecule has 75 valence electrons. The molecule has 1 unspecified atom stereocenters. The molecule has 0 saturated heterocycles.